The van der Waals surface area contributed by atoms with Gasteiger partial charge in [0.1, 0.15) is 6.10 Å². The number of aliphatic hydroxyl groups is 2. The summed E-state index contributed by atoms with van der Waals surface area (Å²) in [5.74, 6) is 0.375. The van der Waals surface area contributed by atoms with Crippen LogP contribution in [0.15, 0.2) is 12.2 Å². The minimum Gasteiger partial charge on any atom is -0.393 e. The van der Waals surface area contributed by atoms with Gasteiger partial charge in [-0.15, -0.1) is 0 Å². The number of phosphoric ester groups is 1. The molecule has 0 aromatic carbocycles. The fraction of sp³-hybridized carbons (Fsp3) is 0.839. The van der Waals surface area contributed by atoms with E-state index in [1.165, 1.54) is 31.2 Å². The van der Waals surface area contributed by atoms with Crippen LogP contribution in [0.5, 0.6) is 0 Å². The van der Waals surface area contributed by atoms with Gasteiger partial charge in [0.15, 0.2) is 5.12 Å². The molecule has 5 fully saturated rings. The van der Waals surface area contributed by atoms with E-state index in [2.05, 4.69) is 35.6 Å². The van der Waals surface area contributed by atoms with E-state index in [4.69, 9.17) is 9.79 Å². The van der Waals surface area contributed by atoms with E-state index in [-0.39, 0.29) is 47.3 Å². The highest BCUT2D eigenvalue weighted by molar-refractivity contribution is 8.13. The predicted octanol–water partition coefficient (Wildman–Crippen LogP) is 3.31. The molecule has 0 radical (unpaired) electrons. The molecule has 0 aromatic heterocycles. The van der Waals surface area contributed by atoms with E-state index in [0.29, 0.717) is 24.0 Å². The molecular formula is C31H51N2O9PS. The number of carbonyl (C=O) groups excluding carboxylic acids is 3. The third kappa shape index (κ3) is 7.02. The van der Waals surface area contributed by atoms with Crippen molar-refractivity contribution in [2.45, 2.75) is 97.7 Å². The first kappa shape index (κ1) is 35.6. The number of thioether (sulfide) groups is 1. The van der Waals surface area contributed by atoms with E-state index in [1.807, 2.05) is 0 Å². The van der Waals surface area contributed by atoms with Crippen LogP contribution >= 0.6 is 19.6 Å². The number of aliphatic hydroxyl groups excluding tert-OH is 2. The average Bonchev–Trinajstić information content (AvgIpc) is 2.95. The van der Waals surface area contributed by atoms with E-state index in [0.717, 1.165) is 44.9 Å². The van der Waals surface area contributed by atoms with Crippen molar-refractivity contribution < 1.29 is 43.5 Å². The second-order valence-corrected chi connectivity index (χ2v) is 17.2. The highest BCUT2D eigenvalue weighted by Gasteiger charge is 2.67. The van der Waals surface area contributed by atoms with E-state index in [9.17, 15) is 29.2 Å². The van der Waals surface area contributed by atoms with Gasteiger partial charge in [0.2, 0.25) is 11.8 Å². The van der Waals surface area contributed by atoms with Crippen molar-refractivity contribution in [2.75, 3.05) is 25.4 Å². The SMILES string of the molecule is C=C1C[C@]23CC[C@H]1C[C@H]2[C@]1(C)CCC[C@@](C)(C(=O)SCCNC(=O)CCNC(=O)[C@H](O)C(C)(C)COP(=O)(O)O)[C@H]1C[C@H]3O. The molecule has 5 aliphatic rings. The van der Waals surface area contributed by atoms with E-state index >= 15 is 0 Å². The first-order valence-electron chi connectivity index (χ1n) is 15.8. The van der Waals surface area contributed by atoms with Crippen LogP contribution in [-0.2, 0) is 23.5 Å². The van der Waals surface area contributed by atoms with Crippen LogP contribution in [0, 0.1) is 39.4 Å². The second kappa shape index (κ2) is 13.1. The molecule has 13 heteroatoms. The van der Waals surface area contributed by atoms with Gasteiger partial charge in [0.05, 0.1) is 12.7 Å². The average molecular weight is 659 g/mol. The zero-order chi connectivity index (χ0) is 32.7. The molecule has 250 valence electrons. The van der Waals surface area contributed by atoms with Crippen LogP contribution in [0.1, 0.15) is 85.5 Å². The Hall–Kier alpha value is -1.27. The lowest BCUT2D eigenvalue weighted by Gasteiger charge is -2.69. The molecule has 0 heterocycles. The summed E-state index contributed by atoms with van der Waals surface area (Å²) in [5.41, 5.74) is -0.588. The molecule has 0 aromatic rings. The van der Waals surface area contributed by atoms with Crippen LogP contribution in [0.2, 0.25) is 0 Å². The number of amides is 2. The van der Waals surface area contributed by atoms with Gasteiger partial charge >= 0.3 is 7.82 Å². The van der Waals surface area contributed by atoms with Crippen LogP contribution in [0.4, 0.5) is 0 Å². The maximum absolute atomic E-state index is 13.8. The molecule has 0 aliphatic heterocycles. The third-order valence-electron chi connectivity index (χ3n) is 11.6. The quantitative estimate of drug-likeness (QED) is 0.103. The molecule has 44 heavy (non-hydrogen) atoms. The smallest absolute Gasteiger partial charge is 0.393 e. The van der Waals surface area contributed by atoms with Crippen LogP contribution in [0.3, 0.4) is 0 Å². The Bertz CT molecular complexity index is 1190. The number of nitrogens with one attached hydrogen (secondary N) is 2. The summed E-state index contributed by atoms with van der Waals surface area (Å²) in [6.07, 6.45) is 5.65. The van der Waals surface area contributed by atoms with Gasteiger partial charge < -0.3 is 30.6 Å². The lowest BCUT2D eigenvalue weighted by Crippen LogP contribution is -2.65. The zero-order valence-electron chi connectivity index (χ0n) is 26.5. The summed E-state index contributed by atoms with van der Waals surface area (Å²) in [7, 11) is -4.75. The minimum atomic E-state index is -4.75. The number of carbonyl (C=O) groups is 3. The number of allylic oxidation sites excluding steroid dienone is 1. The highest BCUT2D eigenvalue weighted by Crippen LogP contribution is 2.72. The number of phosphoric acid groups is 1. The summed E-state index contributed by atoms with van der Waals surface area (Å²) < 4.78 is 15.3. The maximum Gasteiger partial charge on any atom is 0.469 e. The Morgan fingerprint density at radius 2 is 1.82 bits per heavy atom. The van der Waals surface area contributed by atoms with Gasteiger partial charge in [0.25, 0.3) is 0 Å². The molecule has 6 N–H and O–H groups in total. The topological polar surface area (TPSA) is 182 Å². The normalized spacial score (nSPS) is 35.8. The van der Waals surface area contributed by atoms with E-state index in [1.54, 1.807) is 0 Å². The lowest BCUT2D eigenvalue weighted by molar-refractivity contribution is -0.217. The highest BCUT2D eigenvalue weighted by atomic mass is 32.2. The third-order valence-corrected chi connectivity index (χ3v) is 13.2. The molecule has 8 atom stereocenters. The monoisotopic (exact) mass is 658 g/mol. The fourth-order valence-corrected chi connectivity index (χ4v) is 10.5. The Morgan fingerprint density at radius 3 is 2.48 bits per heavy atom. The van der Waals surface area contributed by atoms with Gasteiger partial charge in [0, 0.05) is 41.5 Å². The molecule has 5 saturated carbocycles. The predicted molar refractivity (Wildman–Crippen MR) is 167 cm³/mol. The Kier molecular flexibility index (Phi) is 10.6. The van der Waals surface area contributed by atoms with Crippen molar-refractivity contribution in [3.8, 4) is 0 Å². The first-order valence-corrected chi connectivity index (χ1v) is 18.3. The lowest BCUT2D eigenvalue weighted by atomic mass is 9.36. The van der Waals surface area contributed by atoms with Crippen LogP contribution in [0.25, 0.3) is 0 Å². The molecule has 11 nitrogen and oxygen atoms in total. The standard InChI is InChI=1S/C31H51N2O9PS/c1-19-17-31-11-7-20(19)15-22(31)29(4)9-6-10-30(5,21(29)16-23(31)34)27(38)44-14-13-32-24(35)8-12-33-26(37)25(36)28(2,3)18-42-43(39,40)41/h20-23,25,34,36H,1,6-18H2,2-5H3,(H,32,35)(H,33,37)(H2,39,40,41)/t20-,21-,22-,23+,25-,29+,30+,31+/m0/s1. The van der Waals surface area contributed by atoms with Crippen molar-refractivity contribution in [1.82, 2.24) is 10.6 Å². The summed E-state index contributed by atoms with van der Waals surface area (Å²) in [6, 6.07) is 0. The Morgan fingerprint density at radius 1 is 1.11 bits per heavy atom. The van der Waals surface area contributed by atoms with Crippen LogP contribution in [-0.4, -0.2) is 74.6 Å². The Labute approximate surface area is 265 Å². The van der Waals surface area contributed by atoms with Gasteiger partial charge in [-0.05, 0) is 68.1 Å². The van der Waals surface area contributed by atoms with Gasteiger partial charge in [-0.1, -0.05) is 58.0 Å². The Balaban J connectivity index is 1.23. The van der Waals surface area contributed by atoms with Gasteiger partial charge in [-0.25, -0.2) is 4.57 Å². The molecule has 5 rings (SSSR count). The minimum absolute atomic E-state index is 0.00988. The molecule has 5 aliphatic carbocycles. The second-order valence-electron chi connectivity index (χ2n) is 14.9. The summed E-state index contributed by atoms with van der Waals surface area (Å²) in [4.78, 5) is 56.1. The van der Waals surface area contributed by atoms with E-state index < -0.39 is 43.4 Å². The molecular weight excluding hydrogens is 607 g/mol. The van der Waals surface area contributed by atoms with Crippen molar-refractivity contribution >= 4 is 36.5 Å². The van der Waals surface area contributed by atoms with Crippen molar-refractivity contribution in [2.24, 2.45) is 39.4 Å². The van der Waals surface area contributed by atoms with Crippen molar-refractivity contribution in [3.05, 3.63) is 12.2 Å². The van der Waals surface area contributed by atoms with Gasteiger partial charge in [-0.2, -0.15) is 0 Å². The largest absolute Gasteiger partial charge is 0.469 e. The number of hydrogen-bond donors (Lipinski definition) is 6. The van der Waals surface area contributed by atoms with Crippen LogP contribution < -0.4 is 10.6 Å². The maximum atomic E-state index is 13.8. The number of rotatable bonds is 12. The van der Waals surface area contributed by atoms with Gasteiger partial charge in [-0.3, -0.25) is 18.9 Å². The number of hydrogen-bond acceptors (Lipinski definition) is 8. The summed E-state index contributed by atoms with van der Waals surface area (Å²) >= 11 is 1.24. The molecule has 0 unspecified atom stereocenters. The molecule has 0 saturated heterocycles. The molecule has 2 bridgehead atoms. The molecule has 2 amide bonds. The first-order chi connectivity index (χ1) is 20.4. The van der Waals surface area contributed by atoms with Crippen molar-refractivity contribution in [3.63, 3.8) is 0 Å². The molecule has 1 spiro atoms. The fourth-order valence-electron chi connectivity index (χ4n) is 9.08. The summed E-state index contributed by atoms with van der Waals surface area (Å²) in [6.45, 7) is 11.4. The number of fused-ring (bicyclic) bond motifs is 3. The van der Waals surface area contributed by atoms with Crippen molar-refractivity contribution in [1.29, 1.82) is 0 Å². The summed E-state index contributed by atoms with van der Waals surface area (Å²) in [5, 5.41) is 27.2. The zero-order valence-corrected chi connectivity index (χ0v) is 28.2.